The number of thiophene rings is 1. The van der Waals surface area contributed by atoms with Crippen molar-refractivity contribution in [1.29, 1.82) is 0 Å². The van der Waals surface area contributed by atoms with E-state index in [1.807, 2.05) is 50.2 Å². The van der Waals surface area contributed by atoms with E-state index in [1.165, 1.54) is 0 Å². The van der Waals surface area contributed by atoms with Crippen molar-refractivity contribution in [2.24, 2.45) is 0 Å². The van der Waals surface area contributed by atoms with Crippen molar-refractivity contribution in [2.45, 2.75) is 20.4 Å². The summed E-state index contributed by atoms with van der Waals surface area (Å²) < 4.78 is 7.66. The second-order valence-corrected chi connectivity index (χ2v) is 7.25. The number of hydrogen-bond acceptors (Lipinski definition) is 4. The molecule has 0 radical (unpaired) electrons. The van der Waals surface area contributed by atoms with Crippen LogP contribution in [0.2, 0.25) is 0 Å². The Morgan fingerprint density at radius 2 is 1.88 bits per heavy atom. The minimum atomic E-state index is 0.00775. The van der Waals surface area contributed by atoms with Crippen molar-refractivity contribution in [1.82, 2.24) is 9.55 Å². The van der Waals surface area contributed by atoms with Crippen LogP contribution in [0.1, 0.15) is 10.7 Å². The van der Waals surface area contributed by atoms with Crippen LogP contribution in [-0.4, -0.2) is 16.2 Å². The summed E-state index contributed by atoms with van der Waals surface area (Å²) in [6.45, 7) is 4.76. The monoisotopic (exact) mass is 350 g/mol. The summed E-state index contributed by atoms with van der Waals surface area (Å²) in [6.07, 6.45) is 0. The largest absolute Gasteiger partial charge is 0.491 e. The highest BCUT2D eigenvalue weighted by molar-refractivity contribution is 7.18. The maximum atomic E-state index is 12.7. The third kappa shape index (κ3) is 2.91. The van der Waals surface area contributed by atoms with Gasteiger partial charge in [0.1, 0.15) is 23.0 Å². The first-order valence-electron chi connectivity index (χ1n) is 8.21. The predicted molar refractivity (Wildman–Crippen MR) is 103 cm³/mol. The average molecular weight is 350 g/mol. The minimum absolute atomic E-state index is 0.00775. The Bertz CT molecular complexity index is 1120. The van der Waals surface area contributed by atoms with Crippen LogP contribution in [0.3, 0.4) is 0 Å². The standard InChI is InChI=1S/C20H18N2O2S/c1-13-12-17-19(25-13)21-14(2)22(20(17)23)10-11-24-18-9-5-7-15-6-3-4-8-16(15)18/h3-9,12H,10-11H2,1-2H3. The van der Waals surface area contributed by atoms with Crippen LogP contribution in [0.15, 0.2) is 53.3 Å². The Hall–Kier alpha value is -2.66. The highest BCUT2D eigenvalue weighted by Gasteiger charge is 2.11. The quantitative estimate of drug-likeness (QED) is 0.551. The average Bonchev–Trinajstić information content (AvgIpc) is 2.98. The molecule has 0 atom stereocenters. The molecule has 4 rings (SSSR count). The van der Waals surface area contributed by atoms with Gasteiger partial charge in [0.05, 0.1) is 11.9 Å². The van der Waals surface area contributed by atoms with Crippen molar-refractivity contribution in [3.8, 4) is 5.75 Å². The summed E-state index contributed by atoms with van der Waals surface area (Å²) in [7, 11) is 0. The molecular weight excluding hydrogens is 332 g/mol. The molecule has 0 unspecified atom stereocenters. The predicted octanol–water partition coefficient (Wildman–Crippen LogP) is 4.31. The fraction of sp³-hybridized carbons (Fsp3) is 0.200. The van der Waals surface area contributed by atoms with Crippen LogP contribution in [0.4, 0.5) is 0 Å². The van der Waals surface area contributed by atoms with Gasteiger partial charge >= 0.3 is 0 Å². The summed E-state index contributed by atoms with van der Waals surface area (Å²) in [5.41, 5.74) is 0.00775. The Kier molecular flexibility index (Phi) is 4.01. The van der Waals surface area contributed by atoms with E-state index in [9.17, 15) is 4.79 Å². The lowest BCUT2D eigenvalue weighted by Crippen LogP contribution is -2.26. The van der Waals surface area contributed by atoms with Gasteiger partial charge in [-0.1, -0.05) is 36.4 Å². The zero-order valence-electron chi connectivity index (χ0n) is 14.2. The fourth-order valence-electron chi connectivity index (χ4n) is 3.07. The molecule has 0 aliphatic carbocycles. The van der Waals surface area contributed by atoms with Crippen LogP contribution in [0.25, 0.3) is 21.0 Å². The molecule has 0 bridgehead atoms. The Labute approximate surface area is 149 Å². The van der Waals surface area contributed by atoms with Crippen molar-refractivity contribution < 1.29 is 4.74 Å². The summed E-state index contributed by atoms with van der Waals surface area (Å²) in [5.74, 6) is 1.56. The molecule has 0 N–H and O–H groups in total. The number of hydrogen-bond donors (Lipinski definition) is 0. The third-order valence-electron chi connectivity index (χ3n) is 4.29. The van der Waals surface area contributed by atoms with Crippen molar-refractivity contribution in [2.75, 3.05) is 6.61 Å². The van der Waals surface area contributed by atoms with Gasteiger partial charge in [-0.15, -0.1) is 11.3 Å². The summed E-state index contributed by atoms with van der Waals surface area (Å²) in [6, 6.07) is 16.0. The van der Waals surface area contributed by atoms with Crippen molar-refractivity contribution in [3.63, 3.8) is 0 Å². The SMILES string of the molecule is Cc1cc2c(=O)n(CCOc3cccc4ccccc34)c(C)nc2s1. The molecule has 0 aliphatic rings. The maximum Gasteiger partial charge on any atom is 0.262 e. The lowest BCUT2D eigenvalue weighted by Gasteiger charge is -2.12. The van der Waals surface area contributed by atoms with Gasteiger partial charge < -0.3 is 4.74 Å². The Balaban J connectivity index is 1.59. The Morgan fingerprint density at radius 1 is 1.08 bits per heavy atom. The van der Waals surface area contributed by atoms with Crippen molar-refractivity contribution >= 4 is 32.3 Å². The van der Waals surface area contributed by atoms with E-state index in [0.29, 0.717) is 18.5 Å². The van der Waals surface area contributed by atoms with Gasteiger partial charge in [0, 0.05) is 10.3 Å². The second kappa shape index (κ2) is 6.33. The number of aromatic nitrogens is 2. The molecule has 2 aromatic heterocycles. The molecule has 0 spiro atoms. The smallest absolute Gasteiger partial charge is 0.262 e. The number of benzene rings is 2. The molecule has 0 saturated carbocycles. The fourth-order valence-corrected chi connectivity index (χ4v) is 3.99. The molecule has 0 saturated heterocycles. The molecule has 2 heterocycles. The molecular formula is C20H18N2O2S. The van der Waals surface area contributed by atoms with Crippen LogP contribution in [-0.2, 0) is 6.54 Å². The first-order valence-corrected chi connectivity index (χ1v) is 9.03. The lowest BCUT2D eigenvalue weighted by molar-refractivity contribution is 0.298. The molecule has 0 amide bonds. The van der Waals surface area contributed by atoms with Crippen LogP contribution in [0, 0.1) is 13.8 Å². The van der Waals surface area contributed by atoms with Gasteiger partial charge in [0.15, 0.2) is 0 Å². The topological polar surface area (TPSA) is 44.1 Å². The normalized spacial score (nSPS) is 11.3. The highest BCUT2D eigenvalue weighted by atomic mass is 32.1. The summed E-state index contributed by atoms with van der Waals surface area (Å²) in [5, 5.41) is 2.92. The molecule has 5 heteroatoms. The van der Waals surface area contributed by atoms with E-state index in [0.717, 1.165) is 32.1 Å². The number of ether oxygens (including phenoxy) is 1. The van der Waals surface area contributed by atoms with Gasteiger partial charge in [0.2, 0.25) is 0 Å². The number of fused-ring (bicyclic) bond motifs is 2. The van der Waals surface area contributed by atoms with E-state index < -0.39 is 0 Å². The number of aryl methyl sites for hydroxylation is 2. The first-order chi connectivity index (χ1) is 12.1. The zero-order chi connectivity index (χ0) is 17.4. The maximum absolute atomic E-state index is 12.7. The Morgan fingerprint density at radius 3 is 2.76 bits per heavy atom. The van der Waals surface area contributed by atoms with Crippen LogP contribution >= 0.6 is 11.3 Å². The third-order valence-corrected chi connectivity index (χ3v) is 5.23. The molecule has 4 nitrogen and oxygen atoms in total. The number of rotatable bonds is 4. The van der Waals surface area contributed by atoms with Gasteiger partial charge in [-0.25, -0.2) is 4.98 Å². The lowest BCUT2D eigenvalue weighted by atomic mass is 10.1. The highest BCUT2D eigenvalue weighted by Crippen LogP contribution is 2.25. The van der Waals surface area contributed by atoms with Gasteiger partial charge in [-0.2, -0.15) is 0 Å². The molecule has 4 aromatic rings. The van der Waals surface area contributed by atoms with E-state index in [4.69, 9.17) is 4.74 Å². The molecule has 25 heavy (non-hydrogen) atoms. The van der Waals surface area contributed by atoms with E-state index in [2.05, 4.69) is 17.1 Å². The molecule has 0 aliphatic heterocycles. The van der Waals surface area contributed by atoms with Crippen molar-refractivity contribution in [3.05, 3.63) is 69.6 Å². The minimum Gasteiger partial charge on any atom is -0.491 e. The van der Waals surface area contributed by atoms with E-state index in [-0.39, 0.29) is 5.56 Å². The van der Waals surface area contributed by atoms with Crippen LogP contribution in [0.5, 0.6) is 5.75 Å². The molecule has 0 fully saturated rings. The number of nitrogens with zero attached hydrogens (tertiary/aromatic N) is 2. The van der Waals surface area contributed by atoms with Crippen LogP contribution < -0.4 is 10.3 Å². The van der Waals surface area contributed by atoms with Gasteiger partial charge in [-0.3, -0.25) is 9.36 Å². The van der Waals surface area contributed by atoms with Gasteiger partial charge in [0.25, 0.3) is 5.56 Å². The van der Waals surface area contributed by atoms with Gasteiger partial charge in [-0.05, 0) is 31.4 Å². The molecule has 126 valence electrons. The second-order valence-electron chi connectivity index (χ2n) is 6.02. The van der Waals surface area contributed by atoms with E-state index in [1.54, 1.807) is 15.9 Å². The summed E-state index contributed by atoms with van der Waals surface area (Å²) >= 11 is 1.56. The molecule has 2 aromatic carbocycles. The zero-order valence-corrected chi connectivity index (χ0v) is 15.0. The van der Waals surface area contributed by atoms with E-state index >= 15 is 0 Å². The first kappa shape index (κ1) is 15.8. The summed E-state index contributed by atoms with van der Waals surface area (Å²) in [4.78, 5) is 19.2.